The highest BCUT2D eigenvalue weighted by molar-refractivity contribution is 7.89. The number of methoxy groups -OCH3 is 1. The summed E-state index contributed by atoms with van der Waals surface area (Å²) in [5.41, 5.74) is -0.276. The van der Waals surface area contributed by atoms with Gasteiger partial charge in [0.2, 0.25) is 10.0 Å². The highest BCUT2D eigenvalue weighted by atomic mass is 35.5. The monoisotopic (exact) mass is 407 g/mol. The second-order valence-electron chi connectivity index (χ2n) is 6.22. The smallest absolute Gasteiger partial charge is 0.340 e. The molecule has 7 nitrogen and oxygen atoms in total. The molecule has 0 saturated carbocycles. The molecule has 1 aromatic rings. The quantitative estimate of drug-likeness (QED) is 0.740. The molecule has 0 radical (unpaired) electrons. The van der Waals surface area contributed by atoms with E-state index in [0.717, 1.165) is 51.8 Å². The van der Waals surface area contributed by atoms with Gasteiger partial charge in [-0.1, -0.05) is 0 Å². The zero-order chi connectivity index (χ0) is 18.0. The van der Waals surface area contributed by atoms with Crippen molar-refractivity contribution in [3.63, 3.8) is 0 Å². The van der Waals surface area contributed by atoms with Crippen molar-refractivity contribution in [2.75, 3.05) is 46.4 Å². The van der Waals surface area contributed by atoms with E-state index in [4.69, 9.17) is 0 Å². The van der Waals surface area contributed by atoms with E-state index >= 15 is 0 Å². The number of halogens is 2. The van der Waals surface area contributed by atoms with Crippen molar-refractivity contribution in [1.29, 1.82) is 0 Å². The van der Waals surface area contributed by atoms with Crippen LogP contribution in [0, 0.1) is 5.82 Å². The van der Waals surface area contributed by atoms with Crippen molar-refractivity contribution < 1.29 is 22.3 Å². The van der Waals surface area contributed by atoms with Gasteiger partial charge in [0.25, 0.3) is 0 Å². The third-order valence-electron chi connectivity index (χ3n) is 4.78. The van der Waals surface area contributed by atoms with Crippen LogP contribution >= 0.6 is 12.4 Å². The minimum absolute atomic E-state index is 0. The standard InChI is InChI=1S/C16H22FN3O4S.ClH/c1-24-16(21)14-3-2-13(10-15(14)17)25(22,23)20-7-4-12(11-20)19-8-5-18-6-9-19;/h2-3,10,12,18H,4-9,11H2,1H3;1H. The molecule has 0 bridgehead atoms. The Bertz CT molecular complexity index is 756. The van der Waals surface area contributed by atoms with E-state index in [1.165, 1.54) is 10.4 Å². The van der Waals surface area contributed by atoms with Crippen LogP contribution in [0.5, 0.6) is 0 Å². The number of rotatable bonds is 4. The molecule has 0 aliphatic carbocycles. The van der Waals surface area contributed by atoms with Crippen LogP contribution in [0.2, 0.25) is 0 Å². The minimum Gasteiger partial charge on any atom is -0.465 e. The average molecular weight is 408 g/mol. The first-order chi connectivity index (χ1) is 11.9. The van der Waals surface area contributed by atoms with Gasteiger partial charge in [-0.15, -0.1) is 12.4 Å². The summed E-state index contributed by atoms with van der Waals surface area (Å²) in [5.74, 6) is -1.73. The molecule has 1 unspecified atom stereocenters. The number of sulfonamides is 1. The molecule has 2 fully saturated rings. The van der Waals surface area contributed by atoms with Gasteiger partial charge < -0.3 is 10.1 Å². The number of carbonyl (C=O) groups is 1. The summed E-state index contributed by atoms with van der Waals surface area (Å²) in [6.45, 7) is 4.44. The van der Waals surface area contributed by atoms with E-state index in [0.29, 0.717) is 13.1 Å². The summed E-state index contributed by atoms with van der Waals surface area (Å²) in [7, 11) is -2.64. The van der Waals surface area contributed by atoms with Crippen molar-refractivity contribution in [3.05, 3.63) is 29.6 Å². The number of nitrogens with zero attached hydrogens (tertiary/aromatic N) is 2. The SMILES string of the molecule is COC(=O)c1ccc(S(=O)(=O)N2CCC(N3CCNCC3)C2)cc1F.Cl. The number of carbonyl (C=O) groups excluding carboxylic acids is 1. The van der Waals surface area contributed by atoms with Gasteiger partial charge in [-0.25, -0.2) is 17.6 Å². The van der Waals surface area contributed by atoms with E-state index in [9.17, 15) is 17.6 Å². The average Bonchev–Trinajstić information content (AvgIpc) is 3.12. The Labute approximate surface area is 158 Å². The van der Waals surface area contributed by atoms with Crippen LogP contribution in [0.4, 0.5) is 4.39 Å². The van der Waals surface area contributed by atoms with E-state index in [-0.39, 0.29) is 28.9 Å². The molecule has 2 aliphatic heterocycles. The van der Waals surface area contributed by atoms with Crippen LogP contribution < -0.4 is 5.32 Å². The number of hydrogen-bond acceptors (Lipinski definition) is 6. The van der Waals surface area contributed by atoms with Gasteiger partial charge in [-0.3, -0.25) is 4.90 Å². The maximum absolute atomic E-state index is 14.1. The summed E-state index contributed by atoms with van der Waals surface area (Å²) in [4.78, 5) is 13.6. The Kier molecular flexibility index (Phi) is 6.98. The summed E-state index contributed by atoms with van der Waals surface area (Å²) in [5, 5.41) is 3.28. The molecular weight excluding hydrogens is 385 g/mol. The van der Waals surface area contributed by atoms with Gasteiger partial charge in [0, 0.05) is 45.3 Å². The predicted molar refractivity (Wildman–Crippen MR) is 96.6 cm³/mol. The Morgan fingerprint density at radius 1 is 1.27 bits per heavy atom. The maximum Gasteiger partial charge on any atom is 0.340 e. The first kappa shape index (κ1) is 21.0. The van der Waals surface area contributed by atoms with Gasteiger partial charge in [-0.05, 0) is 24.6 Å². The molecule has 1 atom stereocenters. The summed E-state index contributed by atoms with van der Waals surface area (Å²) in [6, 6.07) is 3.48. The fraction of sp³-hybridized carbons (Fsp3) is 0.562. The van der Waals surface area contributed by atoms with Gasteiger partial charge in [0.15, 0.2) is 0 Å². The van der Waals surface area contributed by atoms with Gasteiger partial charge >= 0.3 is 5.97 Å². The zero-order valence-electron chi connectivity index (χ0n) is 14.5. The number of piperazine rings is 1. The molecule has 146 valence electrons. The number of esters is 1. The van der Waals surface area contributed by atoms with Crippen LogP contribution in [0.15, 0.2) is 23.1 Å². The van der Waals surface area contributed by atoms with Gasteiger partial charge in [0.05, 0.1) is 17.6 Å². The molecule has 1 N–H and O–H groups in total. The number of nitrogens with one attached hydrogen (secondary N) is 1. The predicted octanol–water partition coefficient (Wildman–Crippen LogP) is 0.702. The van der Waals surface area contributed by atoms with Crippen molar-refractivity contribution >= 4 is 28.4 Å². The molecule has 26 heavy (non-hydrogen) atoms. The zero-order valence-corrected chi connectivity index (χ0v) is 16.1. The second kappa shape index (κ2) is 8.62. The molecule has 0 spiro atoms. The Morgan fingerprint density at radius 3 is 2.58 bits per heavy atom. The van der Waals surface area contributed by atoms with Crippen molar-refractivity contribution in [1.82, 2.24) is 14.5 Å². The normalized spacial score (nSPS) is 22.0. The van der Waals surface area contributed by atoms with E-state index < -0.39 is 21.8 Å². The third kappa shape index (κ3) is 4.17. The number of hydrogen-bond donors (Lipinski definition) is 1. The van der Waals surface area contributed by atoms with Gasteiger partial charge in [-0.2, -0.15) is 4.31 Å². The minimum atomic E-state index is -3.78. The van der Waals surface area contributed by atoms with Crippen LogP contribution in [0.25, 0.3) is 0 Å². The number of benzene rings is 1. The molecule has 3 rings (SSSR count). The van der Waals surface area contributed by atoms with E-state index in [1.807, 2.05) is 0 Å². The fourth-order valence-corrected chi connectivity index (χ4v) is 4.86. The van der Waals surface area contributed by atoms with Crippen LogP contribution in [0.1, 0.15) is 16.8 Å². The largest absolute Gasteiger partial charge is 0.465 e. The molecule has 10 heteroatoms. The van der Waals surface area contributed by atoms with Gasteiger partial charge in [0.1, 0.15) is 5.82 Å². The lowest BCUT2D eigenvalue weighted by molar-refractivity contribution is 0.0595. The summed E-state index contributed by atoms with van der Waals surface area (Å²) >= 11 is 0. The van der Waals surface area contributed by atoms with E-state index in [1.54, 1.807) is 0 Å². The van der Waals surface area contributed by atoms with Crippen molar-refractivity contribution in [2.24, 2.45) is 0 Å². The van der Waals surface area contributed by atoms with Crippen LogP contribution in [0.3, 0.4) is 0 Å². The van der Waals surface area contributed by atoms with E-state index in [2.05, 4.69) is 15.0 Å². The lowest BCUT2D eigenvalue weighted by Crippen LogP contribution is -2.49. The lowest BCUT2D eigenvalue weighted by Gasteiger charge is -2.32. The molecule has 2 heterocycles. The second-order valence-corrected chi connectivity index (χ2v) is 8.16. The molecule has 0 aromatic heterocycles. The first-order valence-electron chi connectivity index (χ1n) is 8.26. The van der Waals surface area contributed by atoms with Crippen LogP contribution in [-0.2, 0) is 14.8 Å². The summed E-state index contributed by atoms with van der Waals surface area (Å²) < 4.78 is 45.5. The molecule has 2 aliphatic rings. The molecule has 0 amide bonds. The van der Waals surface area contributed by atoms with Crippen molar-refractivity contribution in [3.8, 4) is 0 Å². The van der Waals surface area contributed by atoms with Crippen molar-refractivity contribution in [2.45, 2.75) is 17.4 Å². The molecular formula is C16H23ClFN3O4S. The Hall–Kier alpha value is -1.26. The van der Waals surface area contributed by atoms with Crippen LogP contribution in [-0.4, -0.2) is 76.0 Å². The Balaban J connectivity index is 0.00000243. The maximum atomic E-state index is 14.1. The molecule has 1 aromatic carbocycles. The highest BCUT2D eigenvalue weighted by Gasteiger charge is 2.36. The lowest BCUT2D eigenvalue weighted by atomic mass is 10.2. The Morgan fingerprint density at radius 2 is 1.96 bits per heavy atom. The third-order valence-corrected chi connectivity index (χ3v) is 6.64. The highest BCUT2D eigenvalue weighted by Crippen LogP contribution is 2.25. The molecule has 2 saturated heterocycles. The first-order valence-corrected chi connectivity index (χ1v) is 9.70. The fourth-order valence-electron chi connectivity index (χ4n) is 3.36. The topological polar surface area (TPSA) is 79.0 Å². The summed E-state index contributed by atoms with van der Waals surface area (Å²) in [6.07, 6.45) is 0.766. The number of ether oxygens (including phenoxy) is 1.